The van der Waals surface area contributed by atoms with E-state index in [4.69, 9.17) is 4.42 Å². The van der Waals surface area contributed by atoms with Crippen LogP contribution in [0, 0.1) is 6.92 Å². The molecule has 0 aromatic carbocycles. The average Bonchev–Trinajstić information content (AvgIpc) is 2.14. The Morgan fingerprint density at radius 1 is 1.78 bits per heavy atom. The Balaban J connectivity index is 2.85. The van der Waals surface area contributed by atoms with Crippen molar-refractivity contribution in [2.24, 2.45) is 0 Å². The molecule has 2 nitrogen and oxygen atoms in total. The lowest BCUT2D eigenvalue weighted by atomic mass is 10.5. The van der Waals surface area contributed by atoms with E-state index in [1.807, 2.05) is 13.8 Å². The number of hydrogen-bond acceptors (Lipinski definition) is 2. The highest BCUT2D eigenvalue weighted by molar-refractivity contribution is 14.1. The van der Waals surface area contributed by atoms with E-state index in [2.05, 4.69) is 27.6 Å². The first-order valence-corrected chi connectivity index (χ1v) is 4.01. The molecular weight excluding hydrogens is 229 g/mol. The van der Waals surface area contributed by atoms with Gasteiger partial charge in [-0.2, -0.15) is 0 Å². The Hall–Kier alpha value is -0.0600. The Morgan fingerprint density at radius 2 is 2.44 bits per heavy atom. The maximum absolute atomic E-state index is 5.23. The van der Waals surface area contributed by atoms with Crippen LogP contribution < -0.4 is 0 Å². The Morgan fingerprint density at radius 3 is 2.67 bits per heavy atom. The fourth-order valence-electron chi connectivity index (χ4n) is 0.556. The van der Waals surface area contributed by atoms with Gasteiger partial charge in [-0.1, -0.05) is 22.6 Å². The molecule has 1 unspecified atom stereocenters. The van der Waals surface area contributed by atoms with Gasteiger partial charge in [-0.3, -0.25) is 0 Å². The van der Waals surface area contributed by atoms with Gasteiger partial charge in [0.15, 0.2) is 0 Å². The molecule has 1 atom stereocenters. The van der Waals surface area contributed by atoms with Crippen LogP contribution in [0.15, 0.2) is 10.6 Å². The maximum atomic E-state index is 5.23. The first kappa shape index (κ1) is 7.05. The minimum Gasteiger partial charge on any atom is -0.445 e. The van der Waals surface area contributed by atoms with Crippen LogP contribution in [0.4, 0.5) is 0 Å². The maximum Gasteiger partial charge on any atom is 0.207 e. The number of oxazole rings is 1. The smallest absolute Gasteiger partial charge is 0.207 e. The lowest BCUT2D eigenvalue weighted by Gasteiger charge is -1.92. The zero-order chi connectivity index (χ0) is 6.85. The van der Waals surface area contributed by atoms with Crippen molar-refractivity contribution in [1.29, 1.82) is 0 Å². The van der Waals surface area contributed by atoms with Crippen molar-refractivity contribution in [2.45, 2.75) is 17.8 Å². The van der Waals surface area contributed by atoms with Crippen LogP contribution in [0.1, 0.15) is 22.5 Å². The van der Waals surface area contributed by atoms with Crippen molar-refractivity contribution < 1.29 is 4.42 Å². The summed E-state index contributed by atoms with van der Waals surface area (Å²) >= 11 is 2.27. The van der Waals surface area contributed by atoms with Crippen LogP contribution in [0.5, 0.6) is 0 Å². The number of hydrogen-bond donors (Lipinski definition) is 0. The monoisotopic (exact) mass is 237 g/mol. The first-order valence-electron chi connectivity index (χ1n) is 2.76. The van der Waals surface area contributed by atoms with Crippen molar-refractivity contribution in [1.82, 2.24) is 4.98 Å². The van der Waals surface area contributed by atoms with Gasteiger partial charge in [0.05, 0.1) is 10.1 Å². The highest BCUT2D eigenvalue weighted by Gasteiger charge is 2.04. The molecule has 0 aliphatic rings. The van der Waals surface area contributed by atoms with Gasteiger partial charge in [0.25, 0.3) is 0 Å². The molecule has 0 fully saturated rings. The van der Waals surface area contributed by atoms with Crippen LogP contribution >= 0.6 is 22.6 Å². The van der Waals surface area contributed by atoms with Crippen molar-refractivity contribution in [3.05, 3.63) is 17.8 Å². The topological polar surface area (TPSA) is 26.0 Å². The summed E-state index contributed by atoms with van der Waals surface area (Å²) in [5.41, 5.74) is 0. The van der Waals surface area contributed by atoms with Crippen molar-refractivity contribution in [3.8, 4) is 0 Å². The standard InChI is InChI=1S/C6H8INO/c1-4-3-8-6(9-4)5(2)7/h3,5H,1-2H3. The van der Waals surface area contributed by atoms with Gasteiger partial charge >= 0.3 is 0 Å². The second kappa shape index (κ2) is 2.68. The summed E-state index contributed by atoms with van der Waals surface area (Å²) in [6.45, 7) is 3.95. The van der Waals surface area contributed by atoms with Gasteiger partial charge in [0, 0.05) is 0 Å². The fraction of sp³-hybridized carbons (Fsp3) is 0.500. The number of aromatic nitrogens is 1. The summed E-state index contributed by atoms with van der Waals surface area (Å²) in [5.74, 6) is 1.70. The third kappa shape index (κ3) is 1.67. The van der Waals surface area contributed by atoms with Crippen LogP contribution in [-0.2, 0) is 0 Å². The van der Waals surface area contributed by atoms with E-state index in [-0.39, 0.29) is 0 Å². The predicted octanol–water partition coefficient (Wildman–Crippen LogP) is 2.48. The summed E-state index contributed by atoms with van der Waals surface area (Å²) in [6, 6.07) is 0. The van der Waals surface area contributed by atoms with E-state index >= 15 is 0 Å². The molecule has 0 saturated heterocycles. The van der Waals surface area contributed by atoms with Crippen LogP contribution in [0.25, 0.3) is 0 Å². The molecule has 3 heteroatoms. The molecule has 0 N–H and O–H groups in total. The normalized spacial score (nSPS) is 13.7. The molecule has 0 saturated carbocycles. The van der Waals surface area contributed by atoms with Crippen LogP contribution in [-0.4, -0.2) is 4.98 Å². The van der Waals surface area contributed by atoms with Crippen molar-refractivity contribution in [2.75, 3.05) is 0 Å². The van der Waals surface area contributed by atoms with Gasteiger partial charge in [0.2, 0.25) is 5.89 Å². The number of rotatable bonds is 1. The third-order valence-corrected chi connectivity index (χ3v) is 1.51. The molecule has 0 radical (unpaired) electrons. The van der Waals surface area contributed by atoms with E-state index in [0.717, 1.165) is 11.7 Å². The Kier molecular flexibility index (Phi) is 2.10. The summed E-state index contributed by atoms with van der Waals surface area (Å²) in [6.07, 6.45) is 1.74. The van der Waals surface area contributed by atoms with E-state index in [1.54, 1.807) is 6.20 Å². The summed E-state index contributed by atoms with van der Waals surface area (Å²) in [7, 11) is 0. The molecule has 1 rings (SSSR count). The van der Waals surface area contributed by atoms with Gasteiger partial charge in [-0.15, -0.1) is 0 Å². The van der Waals surface area contributed by atoms with Crippen molar-refractivity contribution >= 4 is 22.6 Å². The molecule has 0 aliphatic carbocycles. The lowest BCUT2D eigenvalue weighted by Crippen LogP contribution is -1.79. The Bertz CT molecular complexity index is 195. The van der Waals surface area contributed by atoms with Gasteiger partial charge < -0.3 is 4.42 Å². The average molecular weight is 237 g/mol. The molecule has 0 bridgehead atoms. The quantitative estimate of drug-likeness (QED) is 0.554. The first-order chi connectivity index (χ1) is 4.20. The van der Waals surface area contributed by atoms with Crippen LogP contribution in [0.3, 0.4) is 0 Å². The Labute approximate surface area is 67.8 Å². The molecule has 9 heavy (non-hydrogen) atoms. The second-order valence-electron chi connectivity index (χ2n) is 1.93. The van der Waals surface area contributed by atoms with Crippen LogP contribution in [0.2, 0.25) is 0 Å². The zero-order valence-electron chi connectivity index (χ0n) is 5.39. The third-order valence-electron chi connectivity index (χ3n) is 0.979. The lowest BCUT2D eigenvalue weighted by molar-refractivity contribution is 0.478. The van der Waals surface area contributed by atoms with E-state index in [0.29, 0.717) is 3.92 Å². The second-order valence-corrected chi connectivity index (χ2v) is 3.79. The largest absolute Gasteiger partial charge is 0.445 e. The van der Waals surface area contributed by atoms with Gasteiger partial charge in [-0.25, -0.2) is 4.98 Å². The highest BCUT2D eigenvalue weighted by Crippen LogP contribution is 2.20. The molecular formula is C6H8INO. The number of aryl methyl sites for hydroxylation is 1. The molecule has 0 aliphatic heterocycles. The highest BCUT2D eigenvalue weighted by atomic mass is 127. The minimum absolute atomic E-state index is 0.372. The molecule has 1 aromatic rings. The molecule has 0 spiro atoms. The fourth-order valence-corrected chi connectivity index (χ4v) is 0.844. The summed E-state index contributed by atoms with van der Waals surface area (Å²) in [4.78, 5) is 4.04. The number of halogens is 1. The summed E-state index contributed by atoms with van der Waals surface area (Å²) in [5, 5.41) is 0. The molecule has 1 aromatic heterocycles. The SMILES string of the molecule is Cc1cnc(C(C)I)o1. The van der Waals surface area contributed by atoms with Gasteiger partial charge in [0.1, 0.15) is 5.76 Å². The van der Waals surface area contributed by atoms with Crippen molar-refractivity contribution in [3.63, 3.8) is 0 Å². The predicted molar refractivity (Wildman–Crippen MR) is 43.7 cm³/mol. The number of alkyl halides is 1. The minimum atomic E-state index is 0.372. The van der Waals surface area contributed by atoms with E-state index in [9.17, 15) is 0 Å². The molecule has 50 valence electrons. The summed E-state index contributed by atoms with van der Waals surface area (Å²) < 4.78 is 5.60. The molecule has 1 heterocycles. The molecule has 0 amide bonds. The zero-order valence-corrected chi connectivity index (χ0v) is 7.55. The van der Waals surface area contributed by atoms with Gasteiger partial charge in [-0.05, 0) is 13.8 Å². The van der Waals surface area contributed by atoms with E-state index < -0.39 is 0 Å². The van der Waals surface area contributed by atoms with E-state index in [1.165, 1.54) is 0 Å². The number of nitrogens with zero attached hydrogens (tertiary/aromatic N) is 1.